The highest BCUT2D eigenvalue weighted by Crippen LogP contribution is 2.15. The molecule has 0 aliphatic rings. The lowest BCUT2D eigenvalue weighted by Gasteiger charge is -2.12. The summed E-state index contributed by atoms with van der Waals surface area (Å²) in [6, 6.07) is 11.8. The molecule has 6 nitrogen and oxygen atoms in total. The molecule has 122 valence electrons. The van der Waals surface area contributed by atoms with E-state index in [0.29, 0.717) is 16.2 Å². The number of aliphatic hydroxyl groups is 1. The predicted molar refractivity (Wildman–Crippen MR) is 90.2 cm³/mol. The minimum Gasteiger partial charge on any atom is -0.387 e. The molecule has 3 aromatic rings. The Labute approximate surface area is 142 Å². The molecule has 0 spiro atoms. The number of benzene rings is 1. The molecule has 2 N–H and O–H groups in total. The molecule has 2 aromatic heterocycles. The minimum absolute atomic E-state index is 0.0304. The predicted octanol–water partition coefficient (Wildman–Crippen LogP) is 1.81. The number of rotatable bonds is 4. The van der Waals surface area contributed by atoms with E-state index in [9.17, 15) is 14.7 Å². The molecule has 1 aromatic carbocycles. The highest BCUT2D eigenvalue weighted by atomic mass is 35.5. The summed E-state index contributed by atoms with van der Waals surface area (Å²) in [7, 11) is 0. The molecule has 0 saturated carbocycles. The minimum atomic E-state index is -0.901. The number of aliphatic hydroxyl groups excluding tert-OH is 1. The zero-order valence-corrected chi connectivity index (χ0v) is 13.3. The van der Waals surface area contributed by atoms with Crippen molar-refractivity contribution in [3.63, 3.8) is 0 Å². The van der Waals surface area contributed by atoms with Crippen LogP contribution in [0.25, 0.3) is 5.65 Å². The van der Waals surface area contributed by atoms with Crippen LogP contribution in [0.4, 0.5) is 0 Å². The van der Waals surface area contributed by atoms with E-state index in [4.69, 9.17) is 11.6 Å². The number of halogens is 1. The fraction of sp³-hybridized carbons (Fsp3) is 0.118. The molecule has 24 heavy (non-hydrogen) atoms. The molecule has 3 rings (SSSR count). The molecular formula is C17H14ClN3O3. The SMILES string of the molecule is O=C(NCC(O)c1ccc(Cl)cc1)c1cnc2ccccn2c1=O. The van der Waals surface area contributed by atoms with Crippen molar-refractivity contribution in [2.75, 3.05) is 6.54 Å². The molecule has 1 unspecified atom stereocenters. The van der Waals surface area contributed by atoms with Crippen LogP contribution in [0.2, 0.25) is 5.02 Å². The van der Waals surface area contributed by atoms with E-state index in [1.54, 1.807) is 48.7 Å². The first-order valence-electron chi connectivity index (χ1n) is 7.24. The van der Waals surface area contributed by atoms with E-state index in [-0.39, 0.29) is 12.1 Å². The number of carbonyl (C=O) groups excluding carboxylic acids is 1. The second kappa shape index (κ2) is 6.82. The average molecular weight is 344 g/mol. The van der Waals surface area contributed by atoms with Gasteiger partial charge in [-0.3, -0.25) is 14.0 Å². The van der Waals surface area contributed by atoms with Gasteiger partial charge in [0.05, 0.1) is 6.10 Å². The fourth-order valence-corrected chi connectivity index (χ4v) is 2.40. The zero-order valence-electron chi connectivity index (χ0n) is 12.5. The standard InChI is InChI=1S/C17H14ClN3O3/c18-12-6-4-11(5-7-12)14(22)10-20-16(23)13-9-19-15-3-1-2-8-21(15)17(13)24/h1-9,14,22H,10H2,(H,20,23). The van der Waals surface area contributed by atoms with Crippen LogP contribution >= 0.6 is 11.6 Å². The van der Waals surface area contributed by atoms with Crippen molar-refractivity contribution >= 4 is 23.2 Å². The molecule has 1 atom stereocenters. The number of fused-ring (bicyclic) bond motifs is 1. The smallest absolute Gasteiger partial charge is 0.270 e. The van der Waals surface area contributed by atoms with Crippen LogP contribution in [0.15, 0.2) is 59.7 Å². The summed E-state index contributed by atoms with van der Waals surface area (Å²) in [5.41, 5.74) is 0.536. The Hall–Kier alpha value is -2.70. The Morgan fingerprint density at radius 3 is 2.75 bits per heavy atom. The van der Waals surface area contributed by atoms with Gasteiger partial charge >= 0.3 is 0 Å². The van der Waals surface area contributed by atoms with E-state index in [1.165, 1.54) is 10.6 Å². The van der Waals surface area contributed by atoms with Gasteiger partial charge in [0, 0.05) is 24.0 Å². The summed E-state index contributed by atoms with van der Waals surface area (Å²) >= 11 is 5.79. The van der Waals surface area contributed by atoms with Gasteiger partial charge in [0.2, 0.25) is 0 Å². The van der Waals surface area contributed by atoms with Crippen molar-refractivity contribution in [1.82, 2.24) is 14.7 Å². The topological polar surface area (TPSA) is 83.7 Å². The first-order chi connectivity index (χ1) is 11.6. The van der Waals surface area contributed by atoms with Crippen molar-refractivity contribution in [1.29, 1.82) is 0 Å². The maximum atomic E-state index is 12.3. The Balaban J connectivity index is 1.74. The fourth-order valence-electron chi connectivity index (χ4n) is 2.27. The molecule has 7 heteroatoms. The summed E-state index contributed by atoms with van der Waals surface area (Å²) in [5.74, 6) is -0.584. The monoisotopic (exact) mass is 343 g/mol. The lowest BCUT2D eigenvalue weighted by atomic mass is 10.1. The van der Waals surface area contributed by atoms with Crippen molar-refractivity contribution in [3.8, 4) is 0 Å². The van der Waals surface area contributed by atoms with Gasteiger partial charge in [-0.1, -0.05) is 29.8 Å². The van der Waals surface area contributed by atoms with E-state index in [0.717, 1.165) is 0 Å². The van der Waals surface area contributed by atoms with Crippen LogP contribution in [-0.2, 0) is 0 Å². The number of hydrogen-bond acceptors (Lipinski definition) is 4. The van der Waals surface area contributed by atoms with Crippen molar-refractivity contribution in [2.24, 2.45) is 0 Å². The van der Waals surface area contributed by atoms with Gasteiger partial charge < -0.3 is 10.4 Å². The highest BCUT2D eigenvalue weighted by molar-refractivity contribution is 6.30. The van der Waals surface area contributed by atoms with Crippen LogP contribution in [0.1, 0.15) is 22.0 Å². The van der Waals surface area contributed by atoms with Crippen LogP contribution in [0.3, 0.4) is 0 Å². The second-order valence-corrected chi connectivity index (χ2v) is 5.62. The summed E-state index contributed by atoms with van der Waals surface area (Å²) in [6.07, 6.45) is 1.88. The molecule has 0 bridgehead atoms. The molecule has 0 aliphatic carbocycles. The number of pyridine rings is 1. The Bertz CT molecular complexity index is 938. The summed E-state index contributed by atoms with van der Waals surface area (Å²) < 4.78 is 1.30. The first kappa shape index (κ1) is 16.2. The van der Waals surface area contributed by atoms with E-state index < -0.39 is 17.6 Å². The number of nitrogens with zero attached hydrogens (tertiary/aromatic N) is 2. The van der Waals surface area contributed by atoms with Gasteiger partial charge in [0.15, 0.2) is 0 Å². The maximum Gasteiger partial charge on any atom is 0.270 e. The van der Waals surface area contributed by atoms with Crippen LogP contribution in [-0.4, -0.2) is 26.9 Å². The molecule has 0 radical (unpaired) electrons. The Kier molecular flexibility index (Phi) is 4.59. The third-order valence-corrected chi connectivity index (χ3v) is 3.82. The molecule has 0 saturated heterocycles. The summed E-state index contributed by atoms with van der Waals surface area (Å²) in [6.45, 7) is -0.0304. The summed E-state index contributed by atoms with van der Waals surface area (Å²) in [4.78, 5) is 28.6. The van der Waals surface area contributed by atoms with Gasteiger partial charge in [-0.25, -0.2) is 4.98 Å². The number of amides is 1. The van der Waals surface area contributed by atoms with Crippen LogP contribution in [0, 0.1) is 0 Å². The second-order valence-electron chi connectivity index (χ2n) is 5.18. The van der Waals surface area contributed by atoms with E-state index >= 15 is 0 Å². The normalized spacial score (nSPS) is 12.1. The molecule has 0 aliphatic heterocycles. The van der Waals surface area contributed by atoms with Gasteiger partial charge in [-0.2, -0.15) is 0 Å². The van der Waals surface area contributed by atoms with E-state index in [2.05, 4.69) is 10.3 Å². The third-order valence-electron chi connectivity index (χ3n) is 3.57. The number of nitrogens with one attached hydrogen (secondary N) is 1. The number of hydrogen-bond donors (Lipinski definition) is 2. The Morgan fingerprint density at radius 1 is 1.25 bits per heavy atom. The highest BCUT2D eigenvalue weighted by Gasteiger charge is 2.15. The largest absolute Gasteiger partial charge is 0.387 e. The van der Waals surface area contributed by atoms with Crippen LogP contribution < -0.4 is 10.9 Å². The lowest BCUT2D eigenvalue weighted by molar-refractivity contribution is 0.0914. The lowest BCUT2D eigenvalue weighted by Crippen LogP contribution is -2.34. The van der Waals surface area contributed by atoms with Crippen molar-refractivity contribution in [3.05, 3.63) is 81.4 Å². The quantitative estimate of drug-likeness (QED) is 0.756. The van der Waals surface area contributed by atoms with E-state index in [1.807, 2.05) is 0 Å². The zero-order chi connectivity index (χ0) is 17.1. The number of aromatic nitrogens is 2. The Morgan fingerprint density at radius 2 is 2.00 bits per heavy atom. The number of carbonyl (C=O) groups is 1. The molecule has 1 amide bonds. The van der Waals surface area contributed by atoms with Gasteiger partial charge in [0.25, 0.3) is 11.5 Å². The molecule has 2 heterocycles. The van der Waals surface area contributed by atoms with Crippen molar-refractivity contribution < 1.29 is 9.90 Å². The first-order valence-corrected chi connectivity index (χ1v) is 7.62. The molecule has 0 fully saturated rings. The van der Waals surface area contributed by atoms with Crippen LogP contribution in [0.5, 0.6) is 0 Å². The van der Waals surface area contributed by atoms with Gasteiger partial charge in [-0.05, 0) is 29.8 Å². The van der Waals surface area contributed by atoms with Crippen molar-refractivity contribution in [2.45, 2.75) is 6.10 Å². The van der Waals surface area contributed by atoms with Gasteiger partial charge in [0.1, 0.15) is 11.2 Å². The maximum absolute atomic E-state index is 12.3. The van der Waals surface area contributed by atoms with Gasteiger partial charge in [-0.15, -0.1) is 0 Å². The third kappa shape index (κ3) is 3.29. The molecular weight excluding hydrogens is 330 g/mol. The summed E-state index contributed by atoms with van der Waals surface area (Å²) in [5, 5.41) is 13.2. The average Bonchev–Trinajstić information content (AvgIpc) is 2.60.